The van der Waals surface area contributed by atoms with Gasteiger partial charge in [-0.2, -0.15) is 0 Å². The lowest BCUT2D eigenvalue weighted by Gasteiger charge is -2.07. The summed E-state index contributed by atoms with van der Waals surface area (Å²) in [6.45, 7) is 4.52. The molecule has 0 atom stereocenters. The average molecular weight is 263 g/mol. The zero-order valence-corrected chi connectivity index (χ0v) is 11.5. The molecule has 0 aromatic heterocycles. The Morgan fingerprint density at radius 1 is 1.21 bits per heavy atom. The second kappa shape index (κ2) is 7.56. The summed E-state index contributed by atoms with van der Waals surface area (Å²) in [6, 6.07) is 6.22. The van der Waals surface area contributed by atoms with Crippen LogP contribution < -0.4 is 5.32 Å². The molecule has 0 fully saturated rings. The lowest BCUT2D eigenvalue weighted by molar-refractivity contribution is -0.137. The zero-order chi connectivity index (χ0) is 14.3. The molecule has 0 radical (unpaired) electrons. The molecule has 0 aliphatic carbocycles. The van der Waals surface area contributed by atoms with Crippen LogP contribution in [0.25, 0.3) is 0 Å². The molecule has 4 nitrogen and oxygen atoms in total. The van der Waals surface area contributed by atoms with E-state index in [1.165, 1.54) is 16.7 Å². The van der Waals surface area contributed by atoms with E-state index in [9.17, 15) is 9.59 Å². The van der Waals surface area contributed by atoms with Gasteiger partial charge in [0, 0.05) is 19.4 Å². The van der Waals surface area contributed by atoms with Crippen LogP contribution in [0.15, 0.2) is 18.2 Å². The summed E-state index contributed by atoms with van der Waals surface area (Å²) < 4.78 is 0. The number of hydrogen-bond acceptors (Lipinski definition) is 2. The smallest absolute Gasteiger partial charge is 0.303 e. The lowest BCUT2D eigenvalue weighted by Crippen LogP contribution is -2.25. The van der Waals surface area contributed by atoms with Crippen molar-refractivity contribution >= 4 is 11.9 Å². The molecule has 0 aliphatic heterocycles. The Bertz CT molecular complexity index is 455. The summed E-state index contributed by atoms with van der Waals surface area (Å²) in [7, 11) is 0. The quantitative estimate of drug-likeness (QED) is 0.741. The zero-order valence-electron chi connectivity index (χ0n) is 11.5. The van der Waals surface area contributed by atoms with Crippen LogP contribution in [0.2, 0.25) is 0 Å². The molecule has 0 unspecified atom stereocenters. The van der Waals surface area contributed by atoms with Gasteiger partial charge in [0.15, 0.2) is 0 Å². The number of carboxylic acids is 1. The summed E-state index contributed by atoms with van der Waals surface area (Å²) in [5, 5.41) is 11.2. The number of aryl methyl sites for hydroxylation is 3. The number of aliphatic carboxylic acids is 1. The fourth-order valence-electron chi connectivity index (χ4n) is 1.93. The van der Waals surface area contributed by atoms with Crippen molar-refractivity contribution in [3.63, 3.8) is 0 Å². The standard InChI is InChI=1S/C15H21NO3/c1-11-5-6-13(12(2)10-11)7-8-14(17)16-9-3-4-15(18)19/h5-6,10H,3-4,7-9H2,1-2H3,(H,16,17)(H,18,19). The van der Waals surface area contributed by atoms with E-state index in [4.69, 9.17) is 5.11 Å². The molecule has 0 aliphatic rings. The Balaban J connectivity index is 2.28. The summed E-state index contributed by atoms with van der Waals surface area (Å²) in [4.78, 5) is 21.9. The number of nitrogens with one attached hydrogen (secondary N) is 1. The van der Waals surface area contributed by atoms with Crippen molar-refractivity contribution in [1.29, 1.82) is 0 Å². The molecule has 0 spiro atoms. The van der Waals surface area contributed by atoms with Gasteiger partial charge < -0.3 is 10.4 Å². The number of amides is 1. The minimum atomic E-state index is -0.829. The number of carboxylic acid groups (broad SMARTS) is 1. The van der Waals surface area contributed by atoms with Gasteiger partial charge in [-0.25, -0.2) is 0 Å². The van der Waals surface area contributed by atoms with E-state index in [-0.39, 0.29) is 12.3 Å². The van der Waals surface area contributed by atoms with Crippen LogP contribution in [0, 0.1) is 13.8 Å². The van der Waals surface area contributed by atoms with Gasteiger partial charge in [-0.1, -0.05) is 23.8 Å². The van der Waals surface area contributed by atoms with Crippen molar-refractivity contribution in [3.05, 3.63) is 34.9 Å². The molecule has 0 saturated carbocycles. The Labute approximate surface area is 113 Å². The van der Waals surface area contributed by atoms with Crippen LogP contribution in [0.1, 0.15) is 36.0 Å². The molecule has 1 rings (SSSR count). The highest BCUT2D eigenvalue weighted by Crippen LogP contribution is 2.12. The third kappa shape index (κ3) is 6.04. The van der Waals surface area contributed by atoms with Gasteiger partial charge in [-0.3, -0.25) is 9.59 Å². The summed E-state index contributed by atoms with van der Waals surface area (Å²) in [5.74, 6) is -0.852. The molecule has 1 aromatic rings. The maximum absolute atomic E-state index is 11.6. The van der Waals surface area contributed by atoms with Crippen LogP contribution in [0.3, 0.4) is 0 Å². The van der Waals surface area contributed by atoms with E-state index >= 15 is 0 Å². The Morgan fingerprint density at radius 2 is 1.95 bits per heavy atom. The minimum absolute atomic E-state index is 0.0228. The normalized spacial score (nSPS) is 10.2. The van der Waals surface area contributed by atoms with Gasteiger partial charge in [-0.05, 0) is 37.8 Å². The average Bonchev–Trinajstić information content (AvgIpc) is 2.33. The van der Waals surface area contributed by atoms with Crippen molar-refractivity contribution in [2.75, 3.05) is 6.54 Å². The molecular formula is C15H21NO3. The number of carbonyl (C=O) groups excluding carboxylic acids is 1. The van der Waals surface area contributed by atoms with Gasteiger partial charge in [0.1, 0.15) is 0 Å². The fraction of sp³-hybridized carbons (Fsp3) is 0.467. The van der Waals surface area contributed by atoms with E-state index in [0.717, 1.165) is 6.42 Å². The highest BCUT2D eigenvalue weighted by molar-refractivity contribution is 5.76. The van der Waals surface area contributed by atoms with E-state index in [1.807, 2.05) is 19.9 Å². The minimum Gasteiger partial charge on any atom is -0.481 e. The topological polar surface area (TPSA) is 66.4 Å². The summed E-state index contributed by atoms with van der Waals surface area (Å²) in [5.41, 5.74) is 3.62. The molecule has 0 saturated heterocycles. The molecule has 0 heterocycles. The van der Waals surface area contributed by atoms with Crippen molar-refractivity contribution in [1.82, 2.24) is 5.32 Å². The number of carbonyl (C=O) groups is 2. The second-order valence-corrected chi connectivity index (χ2v) is 4.78. The van der Waals surface area contributed by atoms with Gasteiger partial charge in [0.25, 0.3) is 0 Å². The Hall–Kier alpha value is -1.84. The van der Waals surface area contributed by atoms with Gasteiger partial charge in [0.05, 0.1) is 0 Å². The van der Waals surface area contributed by atoms with Crippen molar-refractivity contribution < 1.29 is 14.7 Å². The molecular weight excluding hydrogens is 242 g/mol. The second-order valence-electron chi connectivity index (χ2n) is 4.78. The first-order valence-corrected chi connectivity index (χ1v) is 6.53. The molecule has 2 N–H and O–H groups in total. The molecule has 1 aromatic carbocycles. The molecule has 1 amide bonds. The SMILES string of the molecule is Cc1ccc(CCC(=O)NCCCC(=O)O)c(C)c1. The highest BCUT2D eigenvalue weighted by atomic mass is 16.4. The predicted octanol–water partition coefficient (Wildman–Crippen LogP) is 2.22. The molecule has 4 heteroatoms. The van der Waals surface area contributed by atoms with Crippen molar-refractivity contribution in [3.8, 4) is 0 Å². The third-order valence-electron chi connectivity index (χ3n) is 3.01. The Kier molecular flexibility index (Phi) is 6.06. The van der Waals surface area contributed by atoms with Crippen LogP contribution >= 0.6 is 0 Å². The lowest BCUT2D eigenvalue weighted by atomic mass is 10.0. The summed E-state index contributed by atoms with van der Waals surface area (Å²) in [6.07, 6.45) is 1.73. The van der Waals surface area contributed by atoms with Crippen LogP contribution in [-0.2, 0) is 16.0 Å². The maximum Gasteiger partial charge on any atom is 0.303 e. The van der Waals surface area contributed by atoms with Gasteiger partial charge in [0.2, 0.25) is 5.91 Å². The monoisotopic (exact) mass is 263 g/mol. The van der Waals surface area contributed by atoms with E-state index in [1.54, 1.807) is 0 Å². The first-order chi connectivity index (χ1) is 8.99. The van der Waals surface area contributed by atoms with E-state index in [2.05, 4.69) is 17.4 Å². The summed E-state index contributed by atoms with van der Waals surface area (Å²) >= 11 is 0. The maximum atomic E-state index is 11.6. The highest BCUT2D eigenvalue weighted by Gasteiger charge is 2.04. The van der Waals surface area contributed by atoms with Crippen LogP contribution in [0.5, 0.6) is 0 Å². The van der Waals surface area contributed by atoms with Gasteiger partial charge >= 0.3 is 5.97 Å². The molecule has 104 valence electrons. The largest absolute Gasteiger partial charge is 0.481 e. The number of benzene rings is 1. The van der Waals surface area contributed by atoms with E-state index in [0.29, 0.717) is 19.4 Å². The van der Waals surface area contributed by atoms with Gasteiger partial charge in [-0.15, -0.1) is 0 Å². The fourth-order valence-corrected chi connectivity index (χ4v) is 1.93. The first kappa shape index (κ1) is 15.2. The van der Waals surface area contributed by atoms with E-state index < -0.39 is 5.97 Å². The van der Waals surface area contributed by atoms with Crippen molar-refractivity contribution in [2.45, 2.75) is 39.5 Å². The van der Waals surface area contributed by atoms with Crippen molar-refractivity contribution in [2.24, 2.45) is 0 Å². The molecule has 0 bridgehead atoms. The molecule has 19 heavy (non-hydrogen) atoms. The number of rotatable bonds is 7. The van der Waals surface area contributed by atoms with Crippen LogP contribution in [-0.4, -0.2) is 23.5 Å². The third-order valence-corrected chi connectivity index (χ3v) is 3.01. The Morgan fingerprint density at radius 3 is 2.58 bits per heavy atom. The number of hydrogen-bond donors (Lipinski definition) is 2. The first-order valence-electron chi connectivity index (χ1n) is 6.53. The predicted molar refractivity (Wildman–Crippen MR) is 74.1 cm³/mol. The van der Waals surface area contributed by atoms with Crippen LogP contribution in [0.4, 0.5) is 0 Å².